The summed E-state index contributed by atoms with van der Waals surface area (Å²) in [5.41, 5.74) is 4.17. The summed E-state index contributed by atoms with van der Waals surface area (Å²) in [6, 6.07) is 4.33. The number of benzene rings is 1. The number of aromatic hydroxyl groups is 1. The van der Waals surface area contributed by atoms with Crippen molar-refractivity contribution in [3.8, 4) is 5.75 Å². The van der Waals surface area contributed by atoms with E-state index in [1.165, 1.54) is 16.2 Å². The molecule has 25 heavy (non-hydrogen) atoms. The van der Waals surface area contributed by atoms with Gasteiger partial charge in [0.05, 0.1) is 5.70 Å². The second kappa shape index (κ2) is 7.03. The van der Waals surface area contributed by atoms with Gasteiger partial charge in [-0.3, -0.25) is 0 Å². The SMILES string of the molecule is C=S1NC(c2cc(C(C)(C)C)c(O)c(C(C)(C)C)c2)=C(CC(C)C)S1. The molecule has 1 aromatic carbocycles. The molecule has 1 aromatic rings. The molecule has 2 nitrogen and oxygen atoms in total. The van der Waals surface area contributed by atoms with Crippen molar-refractivity contribution >= 4 is 32.1 Å². The molecule has 1 unspecified atom stereocenters. The Balaban J connectivity index is 2.71. The highest BCUT2D eigenvalue weighted by atomic mass is 33.1. The first-order valence-corrected chi connectivity index (χ1v) is 11.6. The standard InChI is InChI=1S/C21H33NOS2/c1-13(2)10-17-18(22-25(9)24-17)14-11-15(20(3,4)5)19(23)16(12-14)21(6,7)8/h11-13,22-23H,9-10H2,1-8H3. The van der Waals surface area contributed by atoms with Crippen LogP contribution in [-0.2, 0) is 10.8 Å². The molecule has 2 N–H and O–H groups in total. The van der Waals surface area contributed by atoms with Crippen molar-refractivity contribution in [2.24, 2.45) is 5.92 Å². The Morgan fingerprint density at radius 1 is 1.08 bits per heavy atom. The van der Waals surface area contributed by atoms with Crippen LogP contribution in [0, 0.1) is 5.92 Å². The largest absolute Gasteiger partial charge is 0.507 e. The van der Waals surface area contributed by atoms with E-state index in [9.17, 15) is 5.11 Å². The lowest BCUT2D eigenvalue weighted by Crippen LogP contribution is -2.18. The van der Waals surface area contributed by atoms with Crippen molar-refractivity contribution in [3.63, 3.8) is 0 Å². The van der Waals surface area contributed by atoms with Gasteiger partial charge in [0.15, 0.2) is 0 Å². The van der Waals surface area contributed by atoms with E-state index in [-0.39, 0.29) is 20.5 Å². The van der Waals surface area contributed by atoms with Crippen LogP contribution in [0.2, 0.25) is 0 Å². The van der Waals surface area contributed by atoms with Gasteiger partial charge in [-0.05, 0) is 61.7 Å². The topological polar surface area (TPSA) is 32.3 Å². The first-order valence-electron chi connectivity index (χ1n) is 8.91. The van der Waals surface area contributed by atoms with Crippen molar-refractivity contribution in [1.29, 1.82) is 0 Å². The van der Waals surface area contributed by atoms with E-state index in [0.29, 0.717) is 11.7 Å². The molecule has 4 heteroatoms. The molecule has 2 rings (SSSR count). The van der Waals surface area contributed by atoms with E-state index in [2.05, 4.69) is 78.1 Å². The maximum Gasteiger partial charge on any atom is 0.123 e. The molecule has 0 amide bonds. The molecule has 0 fully saturated rings. The maximum atomic E-state index is 10.9. The number of nitrogens with one attached hydrogen (secondary N) is 1. The minimum absolute atomic E-state index is 0.114. The third-order valence-electron chi connectivity index (χ3n) is 4.30. The molecule has 0 aliphatic carbocycles. The zero-order chi connectivity index (χ0) is 19.2. The van der Waals surface area contributed by atoms with E-state index < -0.39 is 0 Å². The number of rotatable bonds is 3. The van der Waals surface area contributed by atoms with Gasteiger partial charge in [-0.15, -0.1) is 0 Å². The van der Waals surface area contributed by atoms with Crippen LogP contribution in [0.3, 0.4) is 0 Å². The summed E-state index contributed by atoms with van der Waals surface area (Å²) in [5.74, 6) is 5.27. The number of hydrogen-bond donors (Lipinski definition) is 2. The van der Waals surface area contributed by atoms with Crippen molar-refractivity contribution < 1.29 is 5.11 Å². The average molecular weight is 380 g/mol. The van der Waals surface area contributed by atoms with E-state index in [0.717, 1.165) is 17.5 Å². The normalized spacial score (nSPS) is 18.8. The predicted octanol–water partition coefficient (Wildman–Crippen LogP) is 6.57. The van der Waals surface area contributed by atoms with Gasteiger partial charge in [0, 0.05) is 21.6 Å². The summed E-state index contributed by atoms with van der Waals surface area (Å²) in [5, 5.41) is 10.9. The van der Waals surface area contributed by atoms with Crippen LogP contribution in [0.1, 0.15) is 78.5 Å². The number of allylic oxidation sites excluding steroid dienone is 1. The first kappa shape index (κ1) is 20.4. The number of hydrogen-bond acceptors (Lipinski definition) is 3. The van der Waals surface area contributed by atoms with E-state index >= 15 is 0 Å². The highest BCUT2D eigenvalue weighted by Crippen LogP contribution is 2.49. The van der Waals surface area contributed by atoms with Crippen LogP contribution in [-0.4, -0.2) is 11.0 Å². The van der Waals surface area contributed by atoms with Crippen molar-refractivity contribution in [2.45, 2.75) is 72.6 Å². The van der Waals surface area contributed by atoms with Crippen LogP contribution in [0.4, 0.5) is 0 Å². The van der Waals surface area contributed by atoms with Gasteiger partial charge < -0.3 is 9.83 Å². The molecule has 0 spiro atoms. The van der Waals surface area contributed by atoms with Crippen molar-refractivity contribution in [1.82, 2.24) is 4.72 Å². The fourth-order valence-corrected chi connectivity index (χ4v) is 6.03. The lowest BCUT2D eigenvalue weighted by Gasteiger charge is -2.28. The average Bonchev–Trinajstić information content (AvgIpc) is 2.76. The highest BCUT2D eigenvalue weighted by Gasteiger charge is 2.29. The molecule has 1 heterocycles. The predicted molar refractivity (Wildman–Crippen MR) is 117 cm³/mol. The monoisotopic (exact) mass is 379 g/mol. The minimum Gasteiger partial charge on any atom is -0.507 e. The third-order valence-corrected chi connectivity index (χ3v) is 6.97. The molecule has 1 atom stereocenters. The Morgan fingerprint density at radius 2 is 1.56 bits per heavy atom. The van der Waals surface area contributed by atoms with Gasteiger partial charge in [0.2, 0.25) is 0 Å². The van der Waals surface area contributed by atoms with Crippen molar-refractivity contribution in [3.05, 3.63) is 33.7 Å². The zero-order valence-corrected chi connectivity index (χ0v) is 18.5. The molecule has 0 saturated heterocycles. The van der Waals surface area contributed by atoms with Crippen LogP contribution in [0.5, 0.6) is 5.75 Å². The van der Waals surface area contributed by atoms with Crippen LogP contribution in [0.25, 0.3) is 5.70 Å². The van der Waals surface area contributed by atoms with Gasteiger partial charge in [0.25, 0.3) is 0 Å². The Bertz CT molecular complexity index is 683. The summed E-state index contributed by atoms with van der Waals surface area (Å²) in [4.78, 5) is 1.39. The Kier molecular flexibility index (Phi) is 5.75. The van der Waals surface area contributed by atoms with Crippen LogP contribution < -0.4 is 4.72 Å². The molecule has 140 valence electrons. The highest BCUT2D eigenvalue weighted by molar-refractivity contribution is 8.84. The minimum atomic E-state index is -0.131. The third kappa shape index (κ3) is 4.65. The summed E-state index contributed by atoms with van der Waals surface area (Å²) in [6.07, 6.45) is 1.06. The molecule has 0 bridgehead atoms. The van der Waals surface area contributed by atoms with E-state index in [1.807, 2.05) is 10.8 Å². The van der Waals surface area contributed by atoms with Gasteiger partial charge in [-0.1, -0.05) is 55.4 Å². The van der Waals surface area contributed by atoms with Gasteiger partial charge in [0.1, 0.15) is 5.75 Å². The molecular formula is C21H33NOS2. The molecule has 0 radical (unpaired) electrons. The molecule has 0 aromatic heterocycles. The molecular weight excluding hydrogens is 346 g/mol. The second-order valence-electron chi connectivity index (χ2n) is 9.35. The zero-order valence-electron chi connectivity index (χ0n) is 16.9. The fourth-order valence-electron chi connectivity index (χ4n) is 3.00. The Hall–Kier alpha value is -0.870. The van der Waals surface area contributed by atoms with Crippen LogP contribution in [0.15, 0.2) is 17.0 Å². The Morgan fingerprint density at radius 3 is 1.96 bits per heavy atom. The first-order chi connectivity index (χ1) is 11.3. The lowest BCUT2D eigenvalue weighted by molar-refractivity contribution is 0.423. The second-order valence-corrected chi connectivity index (χ2v) is 12.6. The number of phenols is 1. The quantitative estimate of drug-likeness (QED) is 0.460. The maximum absolute atomic E-state index is 10.9. The van der Waals surface area contributed by atoms with Gasteiger partial charge >= 0.3 is 0 Å². The summed E-state index contributed by atoms with van der Waals surface area (Å²) < 4.78 is 3.58. The van der Waals surface area contributed by atoms with Gasteiger partial charge in [-0.2, -0.15) is 0 Å². The fraction of sp³-hybridized carbons (Fsp3) is 0.571. The van der Waals surface area contributed by atoms with E-state index in [1.54, 1.807) is 0 Å². The smallest absolute Gasteiger partial charge is 0.123 e. The molecule has 0 saturated carbocycles. The van der Waals surface area contributed by atoms with Gasteiger partial charge in [-0.25, -0.2) is 0 Å². The summed E-state index contributed by atoms with van der Waals surface area (Å²) in [7, 11) is 1.72. The number of phenolic OH excluding ortho intramolecular Hbond substituents is 1. The summed E-state index contributed by atoms with van der Waals surface area (Å²) in [6.45, 7) is 17.4. The van der Waals surface area contributed by atoms with Crippen molar-refractivity contribution in [2.75, 3.05) is 0 Å². The lowest BCUT2D eigenvalue weighted by atomic mass is 9.78. The van der Waals surface area contributed by atoms with E-state index in [4.69, 9.17) is 0 Å². The Labute approximate surface area is 160 Å². The van der Waals surface area contributed by atoms with Crippen LogP contribution >= 0.6 is 20.5 Å². The molecule has 1 aliphatic heterocycles. The summed E-state index contributed by atoms with van der Waals surface area (Å²) >= 11 is 0. The molecule has 1 aliphatic rings.